The SMILES string of the molecule is CCNc1cc(C(C)(C)C)ccc1OCCO. The number of anilines is 1. The molecule has 1 aromatic rings. The van der Waals surface area contributed by atoms with Gasteiger partial charge < -0.3 is 15.2 Å². The van der Waals surface area contributed by atoms with E-state index in [0.29, 0.717) is 6.61 Å². The molecule has 2 N–H and O–H groups in total. The number of ether oxygens (including phenoxy) is 1. The molecular formula is C14H23NO2. The zero-order chi connectivity index (χ0) is 12.9. The normalized spacial score (nSPS) is 11.4. The molecule has 3 heteroatoms. The van der Waals surface area contributed by atoms with Crippen molar-refractivity contribution in [3.05, 3.63) is 23.8 Å². The maximum Gasteiger partial charge on any atom is 0.142 e. The molecule has 3 nitrogen and oxygen atoms in total. The average molecular weight is 237 g/mol. The average Bonchev–Trinajstić information content (AvgIpc) is 2.26. The molecular weight excluding hydrogens is 214 g/mol. The molecule has 0 saturated heterocycles. The van der Waals surface area contributed by atoms with E-state index < -0.39 is 0 Å². The highest BCUT2D eigenvalue weighted by molar-refractivity contribution is 5.59. The Kier molecular flexibility index (Phi) is 4.82. The van der Waals surface area contributed by atoms with Crippen molar-refractivity contribution in [3.63, 3.8) is 0 Å². The second-order valence-electron chi connectivity index (χ2n) is 5.06. The summed E-state index contributed by atoms with van der Waals surface area (Å²) in [6, 6.07) is 6.16. The molecule has 0 atom stereocenters. The Hall–Kier alpha value is -1.22. The molecule has 0 unspecified atom stereocenters. The fourth-order valence-corrected chi connectivity index (χ4v) is 1.61. The summed E-state index contributed by atoms with van der Waals surface area (Å²) in [4.78, 5) is 0. The van der Waals surface area contributed by atoms with Gasteiger partial charge in [0.15, 0.2) is 0 Å². The predicted octanol–water partition coefficient (Wildman–Crippen LogP) is 2.79. The van der Waals surface area contributed by atoms with Gasteiger partial charge in [0.25, 0.3) is 0 Å². The van der Waals surface area contributed by atoms with E-state index in [1.54, 1.807) is 0 Å². The maximum absolute atomic E-state index is 8.79. The van der Waals surface area contributed by atoms with Crippen molar-refractivity contribution >= 4 is 5.69 Å². The van der Waals surface area contributed by atoms with Crippen LogP contribution >= 0.6 is 0 Å². The molecule has 0 bridgehead atoms. The van der Waals surface area contributed by atoms with Crippen LogP contribution < -0.4 is 10.1 Å². The van der Waals surface area contributed by atoms with Crippen LogP contribution in [0.3, 0.4) is 0 Å². The van der Waals surface area contributed by atoms with Crippen molar-refractivity contribution in [2.45, 2.75) is 33.1 Å². The first-order chi connectivity index (χ1) is 7.99. The van der Waals surface area contributed by atoms with E-state index in [0.717, 1.165) is 18.0 Å². The Balaban J connectivity index is 2.99. The number of rotatable bonds is 5. The highest BCUT2D eigenvalue weighted by Crippen LogP contribution is 2.31. The standard InChI is InChI=1S/C14H23NO2/c1-5-15-12-10-11(14(2,3)4)6-7-13(12)17-9-8-16/h6-7,10,15-16H,5,8-9H2,1-4H3. The molecule has 0 aliphatic rings. The third-order valence-electron chi connectivity index (χ3n) is 2.56. The van der Waals surface area contributed by atoms with Gasteiger partial charge in [-0.15, -0.1) is 0 Å². The van der Waals surface area contributed by atoms with Crippen molar-refractivity contribution in [1.29, 1.82) is 0 Å². The van der Waals surface area contributed by atoms with Crippen molar-refractivity contribution in [3.8, 4) is 5.75 Å². The van der Waals surface area contributed by atoms with Crippen LogP contribution in [-0.4, -0.2) is 24.9 Å². The fraction of sp³-hybridized carbons (Fsp3) is 0.571. The van der Waals surface area contributed by atoms with Crippen LogP contribution in [0.4, 0.5) is 5.69 Å². The van der Waals surface area contributed by atoms with E-state index in [1.165, 1.54) is 5.56 Å². The van der Waals surface area contributed by atoms with Gasteiger partial charge in [0.05, 0.1) is 12.3 Å². The van der Waals surface area contributed by atoms with Gasteiger partial charge in [-0.05, 0) is 30.0 Å². The highest BCUT2D eigenvalue weighted by atomic mass is 16.5. The van der Waals surface area contributed by atoms with Crippen molar-refractivity contribution in [2.75, 3.05) is 25.1 Å². The molecule has 96 valence electrons. The summed E-state index contributed by atoms with van der Waals surface area (Å²) in [5, 5.41) is 12.1. The summed E-state index contributed by atoms with van der Waals surface area (Å²) in [5.41, 5.74) is 2.39. The number of nitrogens with one attached hydrogen (secondary N) is 1. The Bertz CT molecular complexity index is 356. The summed E-state index contributed by atoms with van der Waals surface area (Å²) >= 11 is 0. The zero-order valence-electron chi connectivity index (χ0n) is 11.2. The lowest BCUT2D eigenvalue weighted by atomic mass is 9.87. The van der Waals surface area contributed by atoms with Gasteiger partial charge in [-0.2, -0.15) is 0 Å². The van der Waals surface area contributed by atoms with Crippen LogP contribution in [-0.2, 0) is 5.41 Å². The van der Waals surface area contributed by atoms with Gasteiger partial charge in [-0.1, -0.05) is 26.8 Å². The molecule has 0 saturated carbocycles. The monoisotopic (exact) mass is 237 g/mol. The molecule has 0 heterocycles. The minimum absolute atomic E-state index is 0.0343. The topological polar surface area (TPSA) is 41.5 Å². The third kappa shape index (κ3) is 3.93. The minimum Gasteiger partial charge on any atom is -0.489 e. The van der Waals surface area contributed by atoms with Crippen LogP contribution in [0, 0.1) is 0 Å². The number of aliphatic hydroxyl groups excluding tert-OH is 1. The Labute approximate surface area is 104 Å². The Morgan fingerprint density at radius 3 is 2.53 bits per heavy atom. The van der Waals surface area contributed by atoms with Crippen LogP contribution in [0.5, 0.6) is 5.75 Å². The maximum atomic E-state index is 8.79. The lowest BCUT2D eigenvalue weighted by Crippen LogP contribution is -2.12. The summed E-state index contributed by atoms with van der Waals surface area (Å²) < 4.78 is 5.49. The van der Waals surface area contributed by atoms with Gasteiger partial charge in [-0.3, -0.25) is 0 Å². The van der Waals surface area contributed by atoms with Gasteiger partial charge in [0.1, 0.15) is 12.4 Å². The number of aliphatic hydroxyl groups is 1. The van der Waals surface area contributed by atoms with Crippen LogP contribution in [0.2, 0.25) is 0 Å². The molecule has 0 aromatic heterocycles. The highest BCUT2D eigenvalue weighted by Gasteiger charge is 2.15. The van der Waals surface area contributed by atoms with Gasteiger partial charge >= 0.3 is 0 Å². The molecule has 17 heavy (non-hydrogen) atoms. The zero-order valence-corrected chi connectivity index (χ0v) is 11.2. The summed E-state index contributed by atoms with van der Waals surface area (Å²) in [7, 11) is 0. The predicted molar refractivity (Wildman–Crippen MR) is 71.9 cm³/mol. The van der Waals surface area contributed by atoms with Crippen LogP contribution in [0.15, 0.2) is 18.2 Å². The van der Waals surface area contributed by atoms with E-state index in [1.807, 2.05) is 6.07 Å². The molecule has 1 aromatic carbocycles. The smallest absolute Gasteiger partial charge is 0.142 e. The Morgan fingerprint density at radius 2 is 2.00 bits per heavy atom. The van der Waals surface area contributed by atoms with Crippen molar-refractivity contribution in [2.24, 2.45) is 0 Å². The summed E-state index contributed by atoms with van der Waals surface area (Å²) in [6.45, 7) is 9.83. The Morgan fingerprint density at radius 1 is 1.29 bits per heavy atom. The van der Waals surface area contributed by atoms with E-state index >= 15 is 0 Å². The second-order valence-corrected chi connectivity index (χ2v) is 5.06. The van der Waals surface area contributed by atoms with E-state index in [4.69, 9.17) is 9.84 Å². The number of benzene rings is 1. The van der Waals surface area contributed by atoms with Crippen molar-refractivity contribution < 1.29 is 9.84 Å². The summed E-state index contributed by atoms with van der Waals surface area (Å²) in [6.07, 6.45) is 0. The van der Waals surface area contributed by atoms with E-state index in [-0.39, 0.29) is 12.0 Å². The second kappa shape index (κ2) is 5.92. The molecule has 0 spiro atoms. The van der Waals surface area contributed by atoms with Gasteiger partial charge in [-0.25, -0.2) is 0 Å². The molecule has 1 rings (SSSR count). The fourth-order valence-electron chi connectivity index (χ4n) is 1.61. The molecule has 0 radical (unpaired) electrons. The summed E-state index contributed by atoms with van der Waals surface area (Å²) in [5.74, 6) is 0.800. The van der Waals surface area contributed by atoms with E-state index in [2.05, 4.69) is 45.1 Å². The van der Waals surface area contributed by atoms with Gasteiger partial charge in [0.2, 0.25) is 0 Å². The van der Waals surface area contributed by atoms with Crippen molar-refractivity contribution in [1.82, 2.24) is 0 Å². The lowest BCUT2D eigenvalue weighted by Gasteiger charge is -2.21. The first kappa shape index (κ1) is 13.8. The largest absolute Gasteiger partial charge is 0.489 e. The molecule has 0 fully saturated rings. The molecule has 0 aliphatic heterocycles. The van der Waals surface area contributed by atoms with Gasteiger partial charge in [0, 0.05) is 6.54 Å². The third-order valence-corrected chi connectivity index (χ3v) is 2.56. The first-order valence-corrected chi connectivity index (χ1v) is 6.11. The quantitative estimate of drug-likeness (QED) is 0.827. The minimum atomic E-state index is 0.0343. The molecule has 0 aliphatic carbocycles. The molecule has 0 amide bonds. The number of hydrogen-bond acceptors (Lipinski definition) is 3. The number of hydrogen-bond donors (Lipinski definition) is 2. The lowest BCUT2D eigenvalue weighted by molar-refractivity contribution is 0.202. The van der Waals surface area contributed by atoms with E-state index in [9.17, 15) is 0 Å². The van der Waals surface area contributed by atoms with Crippen LogP contribution in [0.1, 0.15) is 33.3 Å². The van der Waals surface area contributed by atoms with Crippen LogP contribution in [0.25, 0.3) is 0 Å². The first-order valence-electron chi connectivity index (χ1n) is 6.11.